The molecule has 0 radical (unpaired) electrons. The van der Waals surface area contributed by atoms with E-state index in [9.17, 15) is 4.79 Å². The van der Waals surface area contributed by atoms with Gasteiger partial charge in [-0.2, -0.15) is 0 Å². The van der Waals surface area contributed by atoms with Crippen LogP contribution in [0.15, 0.2) is 29.7 Å². The molecule has 0 aromatic carbocycles. The fourth-order valence-corrected chi connectivity index (χ4v) is 5.66. The van der Waals surface area contributed by atoms with Crippen molar-refractivity contribution in [1.29, 1.82) is 0 Å². The minimum Gasteiger partial charge on any atom is -0.334 e. The molecule has 1 aliphatic heterocycles. The minimum atomic E-state index is 0.162. The number of piperidine rings is 1. The molecule has 1 aromatic rings. The number of nitrogens with one attached hydrogen (secondary N) is 1. The maximum absolute atomic E-state index is 12.7. The average Bonchev–Trinajstić information content (AvgIpc) is 3.23. The first-order valence-electron chi connectivity index (χ1n) is 11.5. The predicted octanol–water partition coefficient (Wildman–Crippen LogP) is 5.92. The van der Waals surface area contributed by atoms with Crippen LogP contribution >= 0.6 is 11.3 Å². The van der Waals surface area contributed by atoms with Crippen molar-refractivity contribution in [3.05, 3.63) is 34.5 Å². The number of rotatable bonds is 5. The lowest BCUT2D eigenvalue weighted by atomic mass is 9.75. The molecule has 1 amide bonds. The summed E-state index contributed by atoms with van der Waals surface area (Å²) in [6, 6.07) is 4.17. The molecule has 4 heteroatoms. The Morgan fingerprint density at radius 3 is 2.57 bits per heavy atom. The van der Waals surface area contributed by atoms with Crippen LogP contribution < -0.4 is 5.32 Å². The number of allylic oxidation sites excluding steroid dienone is 1. The van der Waals surface area contributed by atoms with Crippen molar-refractivity contribution in [3.63, 3.8) is 0 Å². The highest BCUT2D eigenvalue weighted by Crippen LogP contribution is 2.35. The molecule has 1 aromatic heterocycles. The first-order chi connectivity index (χ1) is 13.7. The van der Waals surface area contributed by atoms with Crippen LogP contribution in [0.2, 0.25) is 0 Å². The van der Waals surface area contributed by atoms with Gasteiger partial charge < -0.3 is 10.2 Å². The number of hydrogen-bond acceptors (Lipinski definition) is 3. The van der Waals surface area contributed by atoms with E-state index in [1.54, 1.807) is 11.3 Å². The Labute approximate surface area is 175 Å². The molecule has 28 heavy (non-hydrogen) atoms. The zero-order valence-electron chi connectivity index (χ0n) is 17.6. The van der Waals surface area contributed by atoms with Gasteiger partial charge in [-0.3, -0.25) is 4.79 Å². The third kappa shape index (κ3) is 6.45. The number of carbonyl (C=O) groups excluding carboxylic acids is 1. The van der Waals surface area contributed by atoms with Crippen molar-refractivity contribution in [2.45, 2.75) is 89.6 Å². The van der Waals surface area contributed by atoms with E-state index in [0.717, 1.165) is 26.1 Å². The van der Waals surface area contributed by atoms with Gasteiger partial charge in [-0.25, -0.2) is 0 Å². The van der Waals surface area contributed by atoms with Crippen molar-refractivity contribution >= 4 is 17.2 Å². The molecular formula is C24H38N2OS. The van der Waals surface area contributed by atoms with E-state index in [1.165, 1.54) is 69.1 Å². The van der Waals surface area contributed by atoms with Gasteiger partial charge in [0.25, 0.3) is 0 Å². The number of thiophene rings is 1. The van der Waals surface area contributed by atoms with Gasteiger partial charge in [0.2, 0.25) is 5.91 Å². The molecule has 0 bridgehead atoms. The maximum Gasteiger partial charge on any atom is 0.246 e. The Kier molecular flexibility index (Phi) is 8.60. The summed E-state index contributed by atoms with van der Waals surface area (Å²) in [6.07, 6.45) is 18.8. The summed E-state index contributed by atoms with van der Waals surface area (Å²) >= 11 is 1.73. The second kappa shape index (κ2) is 11.2. The third-order valence-corrected chi connectivity index (χ3v) is 7.47. The molecule has 3 nitrogen and oxygen atoms in total. The third-order valence-electron chi connectivity index (χ3n) is 6.61. The average molecular weight is 403 g/mol. The second-order valence-electron chi connectivity index (χ2n) is 8.73. The quantitative estimate of drug-likeness (QED) is 0.620. The minimum absolute atomic E-state index is 0.162. The predicted molar refractivity (Wildman–Crippen MR) is 120 cm³/mol. The van der Waals surface area contributed by atoms with E-state index in [4.69, 9.17) is 0 Å². The summed E-state index contributed by atoms with van der Waals surface area (Å²) in [5, 5.41) is 5.98. The largest absolute Gasteiger partial charge is 0.334 e. The highest BCUT2D eigenvalue weighted by Gasteiger charge is 2.34. The van der Waals surface area contributed by atoms with Crippen molar-refractivity contribution < 1.29 is 4.79 Å². The Morgan fingerprint density at radius 2 is 1.93 bits per heavy atom. The lowest BCUT2D eigenvalue weighted by molar-refractivity contribution is -0.126. The van der Waals surface area contributed by atoms with Gasteiger partial charge in [0.05, 0.1) is 6.54 Å². The highest BCUT2D eigenvalue weighted by molar-refractivity contribution is 7.09. The summed E-state index contributed by atoms with van der Waals surface area (Å²) in [7, 11) is 0. The molecule has 1 aliphatic carbocycles. The topological polar surface area (TPSA) is 32.3 Å². The van der Waals surface area contributed by atoms with Gasteiger partial charge in [-0.05, 0) is 62.6 Å². The van der Waals surface area contributed by atoms with Crippen molar-refractivity contribution in [2.24, 2.45) is 5.92 Å². The molecule has 2 heterocycles. The summed E-state index contributed by atoms with van der Waals surface area (Å²) in [5.41, 5.74) is 0.315. The molecule has 1 saturated heterocycles. The second-order valence-corrected chi connectivity index (χ2v) is 9.76. The monoisotopic (exact) mass is 402 g/mol. The van der Waals surface area contributed by atoms with Gasteiger partial charge in [0.15, 0.2) is 0 Å². The van der Waals surface area contributed by atoms with Gasteiger partial charge in [0.1, 0.15) is 0 Å². The van der Waals surface area contributed by atoms with E-state index in [-0.39, 0.29) is 5.91 Å². The number of carbonyl (C=O) groups is 1. The molecule has 1 unspecified atom stereocenters. The zero-order chi connectivity index (χ0) is 19.7. The number of likely N-dealkylation sites (N-methyl/N-ethyl adjacent to an activating group) is 1. The van der Waals surface area contributed by atoms with Crippen LogP contribution in [0.4, 0.5) is 0 Å². The van der Waals surface area contributed by atoms with Gasteiger partial charge in [-0.1, -0.05) is 57.1 Å². The molecule has 3 rings (SSSR count). The van der Waals surface area contributed by atoms with Crippen LogP contribution in [0.25, 0.3) is 0 Å². The van der Waals surface area contributed by atoms with E-state index in [1.807, 2.05) is 11.0 Å². The highest BCUT2D eigenvalue weighted by atomic mass is 32.1. The SMILES string of the molecule is CCN(Cc1cccs1)C(=O)/C=C/C1CCNC2(CCCCCCCCC2)C1. The fraction of sp³-hybridized carbons (Fsp3) is 0.708. The van der Waals surface area contributed by atoms with E-state index in [0.29, 0.717) is 11.5 Å². The Bertz CT molecular complexity index is 600. The molecule has 2 fully saturated rings. The molecule has 1 atom stereocenters. The first kappa shape index (κ1) is 21.6. The fourth-order valence-electron chi connectivity index (χ4n) is 4.94. The lowest BCUT2D eigenvalue weighted by Crippen LogP contribution is -2.51. The molecule has 1 N–H and O–H groups in total. The molecule has 1 saturated carbocycles. The van der Waals surface area contributed by atoms with Crippen LogP contribution in [0, 0.1) is 5.92 Å². The van der Waals surface area contributed by atoms with Gasteiger partial charge >= 0.3 is 0 Å². The van der Waals surface area contributed by atoms with Gasteiger partial charge in [0, 0.05) is 17.0 Å². The molecule has 1 spiro atoms. The van der Waals surface area contributed by atoms with Crippen LogP contribution in [-0.2, 0) is 11.3 Å². The summed E-state index contributed by atoms with van der Waals surface area (Å²) in [6.45, 7) is 4.65. The normalized spacial score (nSPS) is 23.7. The van der Waals surface area contributed by atoms with Crippen LogP contribution in [0.3, 0.4) is 0 Å². The number of amides is 1. The van der Waals surface area contributed by atoms with Crippen LogP contribution in [-0.4, -0.2) is 29.4 Å². The van der Waals surface area contributed by atoms with E-state index >= 15 is 0 Å². The smallest absolute Gasteiger partial charge is 0.246 e. The van der Waals surface area contributed by atoms with Crippen molar-refractivity contribution in [1.82, 2.24) is 10.2 Å². The summed E-state index contributed by atoms with van der Waals surface area (Å²) in [4.78, 5) is 15.9. The standard InChI is InChI=1S/C24H38N2OS/c1-2-26(20-22-11-10-18-28-22)23(27)13-12-21-14-17-25-24(19-21)15-8-6-4-3-5-7-9-16-24/h10-13,18,21,25H,2-9,14-17,19-20H2,1H3/b13-12+. The Hall–Kier alpha value is -1.13. The molecule has 2 aliphatic rings. The number of nitrogens with zero attached hydrogens (tertiary/aromatic N) is 1. The Morgan fingerprint density at radius 1 is 1.21 bits per heavy atom. The lowest BCUT2D eigenvalue weighted by Gasteiger charge is -2.42. The molecular weight excluding hydrogens is 364 g/mol. The van der Waals surface area contributed by atoms with Crippen molar-refractivity contribution in [2.75, 3.05) is 13.1 Å². The Balaban J connectivity index is 1.57. The van der Waals surface area contributed by atoms with Gasteiger partial charge in [-0.15, -0.1) is 11.3 Å². The zero-order valence-corrected chi connectivity index (χ0v) is 18.4. The first-order valence-corrected chi connectivity index (χ1v) is 12.3. The van der Waals surface area contributed by atoms with Crippen LogP contribution in [0.5, 0.6) is 0 Å². The van der Waals surface area contributed by atoms with E-state index in [2.05, 4.69) is 35.8 Å². The summed E-state index contributed by atoms with van der Waals surface area (Å²) in [5.74, 6) is 0.697. The van der Waals surface area contributed by atoms with Crippen LogP contribution in [0.1, 0.15) is 82.4 Å². The number of hydrogen-bond donors (Lipinski definition) is 1. The van der Waals surface area contributed by atoms with Crippen molar-refractivity contribution in [3.8, 4) is 0 Å². The summed E-state index contributed by atoms with van der Waals surface area (Å²) < 4.78 is 0. The van der Waals surface area contributed by atoms with E-state index < -0.39 is 0 Å². The molecule has 156 valence electrons. The maximum atomic E-state index is 12.7.